The molecule has 1 aliphatic carbocycles. The number of nitrogens with zero attached hydrogens (tertiary/aromatic N) is 3. The highest BCUT2D eigenvalue weighted by Gasteiger charge is 2.34. The summed E-state index contributed by atoms with van der Waals surface area (Å²) in [4.78, 5) is 12.2. The van der Waals surface area contributed by atoms with Crippen LogP contribution in [0.5, 0.6) is 0 Å². The summed E-state index contributed by atoms with van der Waals surface area (Å²) in [5.41, 5.74) is 0.959. The predicted octanol–water partition coefficient (Wildman–Crippen LogP) is 4.08. The molecule has 0 amide bonds. The molecule has 4 heteroatoms. The van der Waals surface area contributed by atoms with Gasteiger partial charge in [0, 0.05) is 31.2 Å². The highest BCUT2D eigenvalue weighted by Crippen LogP contribution is 2.37. The van der Waals surface area contributed by atoms with Gasteiger partial charge in [0.25, 0.3) is 0 Å². The summed E-state index contributed by atoms with van der Waals surface area (Å²) in [6.45, 7) is 8.23. The first-order valence-corrected chi connectivity index (χ1v) is 9.13. The lowest BCUT2D eigenvalue weighted by molar-refractivity contribution is 0.181. The van der Waals surface area contributed by atoms with Gasteiger partial charge in [-0.1, -0.05) is 33.6 Å². The van der Waals surface area contributed by atoms with Crippen molar-refractivity contribution in [3.8, 4) is 0 Å². The van der Waals surface area contributed by atoms with E-state index in [1.54, 1.807) is 7.11 Å². The first kappa shape index (κ1) is 16.7. The van der Waals surface area contributed by atoms with Crippen molar-refractivity contribution in [3.63, 3.8) is 0 Å². The van der Waals surface area contributed by atoms with E-state index in [0.29, 0.717) is 12.6 Å². The molecule has 128 valence electrons. The molecule has 4 nitrogen and oxygen atoms in total. The highest BCUT2D eigenvalue weighted by molar-refractivity contribution is 5.43. The molecule has 1 aliphatic heterocycles. The normalized spacial score (nSPS) is 23.0. The molecule has 0 radical (unpaired) electrons. The van der Waals surface area contributed by atoms with E-state index in [1.165, 1.54) is 38.5 Å². The third kappa shape index (κ3) is 3.68. The molecule has 0 N–H and O–H groups in total. The summed E-state index contributed by atoms with van der Waals surface area (Å²) in [7, 11) is 1.73. The maximum Gasteiger partial charge on any atom is 0.136 e. The van der Waals surface area contributed by atoms with Crippen LogP contribution in [0.2, 0.25) is 0 Å². The van der Waals surface area contributed by atoms with E-state index in [1.807, 2.05) is 0 Å². The molecule has 0 spiro atoms. The molecular formula is C19H31N3O. The quantitative estimate of drug-likeness (QED) is 0.838. The second kappa shape index (κ2) is 6.76. The minimum atomic E-state index is -0.0406. The van der Waals surface area contributed by atoms with Gasteiger partial charge in [-0.2, -0.15) is 0 Å². The topological polar surface area (TPSA) is 38.2 Å². The Bertz CT molecular complexity index is 532. The van der Waals surface area contributed by atoms with E-state index in [2.05, 4.69) is 31.7 Å². The predicted molar refractivity (Wildman–Crippen MR) is 93.8 cm³/mol. The monoisotopic (exact) mass is 317 g/mol. The van der Waals surface area contributed by atoms with Gasteiger partial charge in [-0.25, -0.2) is 9.97 Å². The van der Waals surface area contributed by atoms with Gasteiger partial charge < -0.3 is 9.64 Å². The van der Waals surface area contributed by atoms with Crippen molar-refractivity contribution < 1.29 is 4.74 Å². The zero-order valence-corrected chi connectivity index (χ0v) is 15.1. The van der Waals surface area contributed by atoms with Gasteiger partial charge in [0.1, 0.15) is 11.6 Å². The molecular weight excluding hydrogens is 286 g/mol. The molecule has 1 saturated carbocycles. The van der Waals surface area contributed by atoms with E-state index < -0.39 is 0 Å². The fourth-order valence-electron chi connectivity index (χ4n) is 4.10. The van der Waals surface area contributed by atoms with E-state index in [-0.39, 0.29) is 5.41 Å². The van der Waals surface area contributed by atoms with Gasteiger partial charge in [0.05, 0.1) is 12.3 Å². The molecule has 0 aromatic carbocycles. The van der Waals surface area contributed by atoms with Crippen LogP contribution in [0.1, 0.15) is 70.8 Å². The van der Waals surface area contributed by atoms with Crippen LogP contribution in [-0.2, 0) is 16.8 Å². The van der Waals surface area contributed by atoms with Gasteiger partial charge in [0.2, 0.25) is 0 Å². The summed E-state index contributed by atoms with van der Waals surface area (Å²) in [6.07, 6.45) is 8.20. The van der Waals surface area contributed by atoms with Crippen LogP contribution in [-0.4, -0.2) is 29.7 Å². The van der Waals surface area contributed by atoms with Crippen molar-refractivity contribution in [1.82, 2.24) is 9.97 Å². The first-order chi connectivity index (χ1) is 11.0. The summed E-state index contributed by atoms with van der Waals surface area (Å²) in [5, 5.41) is 0. The van der Waals surface area contributed by atoms with Crippen LogP contribution in [0.15, 0.2) is 6.07 Å². The summed E-state index contributed by atoms with van der Waals surface area (Å²) in [6, 6.07) is 2.82. The Balaban J connectivity index is 1.92. The minimum absolute atomic E-state index is 0.0406. The zero-order chi connectivity index (χ0) is 16.4. The van der Waals surface area contributed by atoms with E-state index in [4.69, 9.17) is 14.7 Å². The van der Waals surface area contributed by atoms with Crippen molar-refractivity contribution >= 4 is 5.82 Å². The molecule has 2 heterocycles. The molecule has 2 aliphatic rings. The average Bonchev–Trinajstić information content (AvgIpc) is 3.17. The smallest absolute Gasteiger partial charge is 0.136 e. The Morgan fingerprint density at radius 3 is 2.52 bits per heavy atom. The van der Waals surface area contributed by atoms with Crippen molar-refractivity contribution in [1.29, 1.82) is 0 Å². The van der Waals surface area contributed by atoms with E-state index in [9.17, 15) is 0 Å². The number of anilines is 1. The standard InChI is InChI=1S/C19H31N3O/c1-19(2,3)18-20-15(13-23-4)12-17(21-18)22-11-7-10-16(22)14-8-5-6-9-14/h12,14,16H,5-11,13H2,1-4H3. The van der Waals surface area contributed by atoms with Crippen LogP contribution in [0.25, 0.3) is 0 Å². The Kier molecular flexibility index (Phi) is 4.90. The molecule has 1 atom stereocenters. The number of methoxy groups -OCH3 is 1. The van der Waals surface area contributed by atoms with Gasteiger partial charge in [-0.05, 0) is 31.6 Å². The zero-order valence-electron chi connectivity index (χ0n) is 15.1. The number of hydrogen-bond donors (Lipinski definition) is 0. The summed E-state index contributed by atoms with van der Waals surface area (Å²) in [5.74, 6) is 2.90. The SMILES string of the molecule is COCc1cc(N2CCCC2C2CCCC2)nc(C(C)(C)C)n1. The molecule has 0 bridgehead atoms. The number of rotatable bonds is 4. The van der Waals surface area contributed by atoms with Crippen LogP contribution in [0.3, 0.4) is 0 Å². The molecule has 1 aromatic heterocycles. The molecule has 23 heavy (non-hydrogen) atoms. The van der Waals surface area contributed by atoms with Gasteiger partial charge in [-0.3, -0.25) is 0 Å². The fraction of sp³-hybridized carbons (Fsp3) is 0.789. The molecule has 1 unspecified atom stereocenters. The largest absolute Gasteiger partial charge is 0.378 e. The van der Waals surface area contributed by atoms with Crippen molar-refractivity contribution in [3.05, 3.63) is 17.6 Å². The number of hydrogen-bond acceptors (Lipinski definition) is 4. The Morgan fingerprint density at radius 2 is 1.87 bits per heavy atom. The van der Waals surface area contributed by atoms with Crippen molar-refractivity contribution in [2.45, 2.75) is 77.4 Å². The third-order valence-corrected chi connectivity index (χ3v) is 5.27. The van der Waals surface area contributed by atoms with Gasteiger partial charge >= 0.3 is 0 Å². The van der Waals surface area contributed by atoms with Crippen molar-refractivity contribution in [2.75, 3.05) is 18.6 Å². The Hall–Kier alpha value is -1.16. The van der Waals surface area contributed by atoms with Crippen LogP contribution in [0, 0.1) is 5.92 Å². The number of ether oxygens (including phenoxy) is 1. The highest BCUT2D eigenvalue weighted by atomic mass is 16.5. The lowest BCUT2D eigenvalue weighted by Gasteiger charge is -2.31. The average molecular weight is 317 g/mol. The molecule has 3 rings (SSSR count). The second-order valence-electron chi connectivity index (χ2n) is 8.17. The van der Waals surface area contributed by atoms with E-state index >= 15 is 0 Å². The lowest BCUT2D eigenvalue weighted by Crippen LogP contribution is -2.36. The van der Waals surface area contributed by atoms with Crippen LogP contribution < -0.4 is 4.90 Å². The molecule has 1 aromatic rings. The van der Waals surface area contributed by atoms with Gasteiger partial charge in [-0.15, -0.1) is 0 Å². The second-order valence-corrected chi connectivity index (χ2v) is 8.17. The third-order valence-electron chi connectivity index (χ3n) is 5.27. The van der Waals surface area contributed by atoms with E-state index in [0.717, 1.165) is 29.8 Å². The Labute approximate surface area is 140 Å². The molecule has 1 saturated heterocycles. The maximum atomic E-state index is 5.33. The molecule has 2 fully saturated rings. The number of aromatic nitrogens is 2. The lowest BCUT2D eigenvalue weighted by atomic mass is 9.95. The Morgan fingerprint density at radius 1 is 1.13 bits per heavy atom. The van der Waals surface area contributed by atoms with Crippen LogP contribution in [0.4, 0.5) is 5.82 Å². The minimum Gasteiger partial charge on any atom is -0.378 e. The van der Waals surface area contributed by atoms with Gasteiger partial charge in [0.15, 0.2) is 0 Å². The fourth-order valence-corrected chi connectivity index (χ4v) is 4.10. The summed E-state index contributed by atoms with van der Waals surface area (Å²) >= 11 is 0. The maximum absolute atomic E-state index is 5.33. The van der Waals surface area contributed by atoms with Crippen molar-refractivity contribution in [2.24, 2.45) is 5.92 Å². The summed E-state index contributed by atoms with van der Waals surface area (Å²) < 4.78 is 5.33. The first-order valence-electron chi connectivity index (χ1n) is 9.13. The van der Waals surface area contributed by atoms with Crippen LogP contribution >= 0.6 is 0 Å².